The minimum atomic E-state index is 0.695. The third kappa shape index (κ3) is 2.43. The zero-order chi connectivity index (χ0) is 10.5. The molecule has 0 heterocycles. The van der Waals surface area contributed by atoms with E-state index in [0.717, 1.165) is 5.22 Å². The molecule has 1 aromatic rings. The average molecular weight is 192 g/mol. The summed E-state index contributed by atoms with van der Waals surface area (Å²) in [6.07, 6.45) is 12.2. The molecule has 0 atom stereocenters. The van der Waals surface area contributed by atoms with Crippen LogP contribution in [0.3, 0.4) is 0 Å². The van der Waals surface area contributed by atoms with Gasteiger partial charge in [0.15, 0.2) is 0 Å². The van der Waals surface area contributed by atoms with Crippen LogP contribution in [-0.4, -0.2) is 5.87 Å². The van der Waals surface area contributed by atoms with Crippen LogP contribution in [0.2, 0.25) is 0 Å². The van der Waals surface area contributed by atoms with Gasteiger partial charge in [-0.25, -0.2) is 0 Å². The first-order valence-corrected chi connectivity index (χ1v) is 4.78. The van der Waals surface area contributed by atoms with E-state index in [-0.39, 0.29) is 0 Å². The van der Waals surface area contributed by atoms with Crippen molar-refractivity contribution in [1.82, 2.24) is 0 Å². The Morgan fingerprint density at radius 1 is 0.933 bits per heavy atom. The predicted molar refractivity (Wildman–Crippen MR) is 64.0 cm³/mol. The van der Waals surface area contributed by atoms with Crippen molar-refractivity contribution in [2.24, 2.45) is 0 Å². The van der Waals surface area contributed by atoms with E-state index >= 15 is 0 Å². The van der Waals surface area contributed by atoms with Gasteiger partial charge in [-0.05, 0) is 28.1 Å². The Morgan fingerprint density at radius 2 is 1.60 bits per heavy atom. The third-order valence-electron chi connectivity index (χ3n) is 2.20. The Balaban J connectivity index is 2.34. The minimum Gasteiger partial charge on any atom is -0.763 e. The van der Waals surface area contributed by atoms with Gasteiger partial charge in [-0.3, -0.25) is 5.87 Å². The average Bonchev–Trinajstić information content (AvgIpc) is 2.80. The molecule has 1 aliphatic carbocycles. The molecule has 0 bridgehead atoms. The lowest BCUT2D eigenvalue weighted by molar-refractivity contribution is 1.56. The van der Waals surface area contributed by atoms with Crippen LogP contribution in [0, 0.1) is 0 Å². The minimum absolute atomic E-state index is 0.695. The molecule has 0 amide bonds. The molecule has 0 aromatic heterocycles. The second-order valence-electron chi connectivity index (χ2n) is 3.29. The maximum atomic E-state index is 8.64. The van der Waals surface area contributed by atoms with Crippen LogP contribution in [-0.2, 0) is 0 Å². The van der Waals surface area contributed by atoms with E-state index < -0.39 is 0 Å². The van der Waals surface area contributed by atoms with Crippen molar-refractivity contribution in [3.63, 3.8) is 0 Å². The summed E-state index contributed by atoms with van der Waals surface area (Å²) < 4.78 is 0. The highest BCUT2D eigenvalue weighted by atomic mass is 14.3. The molecule has 1 aliphatic rings. The Labute approximate surface area is 88.6 Å². The molecule has 0 radical (unpaired) electrons. The summed E-state index contributed by atoms with van der Waals surface area (Å²) in [5.74, 6) is 2.10. The molecule has 0 aliphatic heterocycles. The number of rotatable bonds is 1. The zero-order valence-corrected chi connectivity index (χ0v) is 8.22. The van der Waals surface area contributed by atoms with E-state index in [9.17, 15) is 0 Å². The van der Waals surface area contributed by atoms with Crippen LogP contribution >= 0.6 is 0 Å². The molecule has 2 rings (SSSR count). The van der Waals surface area contributed by atoms with Crippen molar-refractivity contribution >= 4 is 11.9 Å². The third-order valence-corrected chi connectivity index (χ3v) is 2.20. The Bertz CT molecular complexity index is 545. The number of nitrogens with zero attached hydrogens (tertiary/aromatic N) is 1. The van der Waals surface area contributed by atoms with Crippen molar-refractivity contribution in [3.8, 4) is 0 Å². The van der Waals surface area contributed by atoms with Crippen molar-refractivity contribution in [3.05, 3.63) is 76.1 Å². The monoisotopic (exact) mass is 192 g/mol. The molecule has 72 valence electrons. The maximum Gasteiger partial charge on any atom is -0.00713 e. The summed E-state index contributed by atoms with van der Waals surface area (Å²) in [5, 5.41) is 10.4. The van der Waals surface area contributed by atoms with Gasteiger partial charge in [0.1, 0.15) is 0 Å². The molecule has 0 unspecified atom stereocenters. The van der Waals surface area contributed by atoms with Gasteiger partial charge in [0.05, 0.1) is 0 Å². The second-order valence-corrected chi connectivity index (χ2v) is 3.29. The van der Waals surface area contributed by atoms with E-state index in [0.29, 0.717) is 5.22 Å². The molecule has 0 saturated carbocycles. The molecular formula is C14H10N-. The van der Waals surface area contributed by atoms with Gasteiger partial charge in [0.25, 0.3) is 0 Å². The SMILES string of the molecule is [N-]=C=c1ccc(=CC=C2C=CC=C2)cc1. The first-order chi connectivity index (χ1) is 7.38. The fourth-order valence-corrected chi connectivity index (χ4v) is 1.36. The highest BCUT2D eigenvalue weighted by Gasteiger charge is 1.87. The van der Waals surface area contributed by atoms with Crippen molar-refractivity contribution in [2.75, 3.05) is 0 Å². The van der Waals surface area contributed by atoms with Gasteiger partial charge in [-0.1, -0.05) is 48.6 Å². The number of allylic oxidation sites excluding steroid dienone is 6. The van der Waals surface area contributed by atoms with E-state index in [2.05, 4.69) is 24.1 Å². The van der Waals surface area contributed by atoms with Crippen LogP contribution in [0.15, 0.2) is 60.2 Å². The second kappa shape index (κ2) is 4.41. The summed E-state index contributed by atoms with van der Waals surface area (Å²) in [6, 6.07) is 7.53. The van der Waals surface area contributed by atoms with E-state index in [1.807, 2.05) is 42.5 Å². The largest absolute Gasteiger partial charge is 0.763 e. The van der Waals surface area contributed by atoms with Gasteiger partial charge >= 0.3 is 0 Å². The molecule has 0 spiro atoms. The highest BCUT2D eigenvalue weighted by molar-refractivity contribution is 5.55. The van der Waals surface area contributed by atoms with Crippen molar-refractivity contribution < 1.29 is 0 Å². The normalized spacial score (nSPS) is 12.7. The van der Waals surface area contributed by atoms with Crippen LogP contribution in [0.4, 0.5) is 0 Å². The lowest BCUT2D eigenvalue weighted by Gasteiger charge is -1.87. The molecule has 0 saturated heterocycles. The Morgan fingerprint density at radius 3 is 2.20 bits per heavy atom. The van der Waals surface area contributed by atoms with Gasteiger partial charge < -0.3 is 5.41 Å². The van der Waals surface area contributed by atoms with Gasteiger partial charge in [0.2, 0.25) is 0 Å². The van der Waals surface area contributed by atoms with Crippen LogP contribution in [0.25, 0.3) is 11.5 Å². The molecule has 0 fully saturated rings. The van der Waals surface area contributed by atoms with Crippen molar-refractivity contribution in [1.29, 1.82) is 0 Å². The highest BCUT2D eigenvalue weighted by Crippen LogP contribution is 2.06. The Hall–Kier alpha value is -2.11. The van der Waals surface area contributed by atoms with Gasteiger partial charge in [-0.2, -0.15) is 0 Å². The van der Waals surface area contributed by atoms with E-state index in [4.69, 9.17) is 5.41 Å². The first kappa shape index (κ1) is 9.45. The molecule has 1 aromatic carbocycles. The Kier molecular flexibility index (Phi) is 2.77. The molecule has 15 heavy (non-hydrogen) atoms. The topological polar surface area (TPSA) is 22.3 Å². The molecule has 1 nitrogen and oxygen atoms in total. The lowest BCUT2D eigenvalue weighted by Crippen LogP contribution is -2.06. The summed E-state index contributed by atoms with van der Waals surface area (Å²) in [5.41, 5.74) is 1.19. The maximum absolute atomic E-state index is 8.64. The summed E-state index contributed by atoms with van der Waals surface area (Å²) in [7, 11) is 0. The van der Waals surface area contributed by atoms with Crippen LogP contribution in [0.1, 0.15) is 0 Å². The van der Waals surface area contributed by atoms with Crippen molar-refractivity contribution in [2.45, 2.75) is 0 Å². The lowest BCUT2D eigenvalue weighted by atomic mass is 10.2. The zero-order valence-electron chi connectivity index (χ0n) is 8.22. The smallest absolute Gasteiger partial charge is 0.00713 e. The van der Waals surface area contributed by atoms with Crippen LogP contribution in [0.5, 0.6) is 0 Å². The standard InChI is InChI=1S/C14H10N/c15-11-14-9-7-13(8-10-14)6-5-12-3-1-2-4-12/h1-10H/q-1. The summed E-state index contributed by atoms with van der Waals surface area (Å²) in [6.45, 7) is 0. The number of benzene rings is 1. The summed E-state index contributed by atoms with van der Waals surface area (Å²) in [4.78, 5) is 0. The van der Waals surface area contributed by atoms with E-state index in [1.54, 1.807) is 0 Å². The van der Waals surface area contributed by atoms with E-state index in [1.165, 1.54) is 5.57 Å². The number of hydrogen-bond acceptors (Lipinski definition) is 0. The summed E-state index contributed by atoms with van der Waals surface area (Å²) >= 11 is 0. The molecule has 1 heteroatoms. The quantitative estimate of drug-likeness (QED) is 0.601. The van der Waals surface area contributed by atoms with Crippen LogP contribution < -0.4 is 10.4 Å². The van der Waals surface area contributed by atoms with Gasteiger partial charge in [0, 0.05) is 0 Å². The fourth-order valence-electron chi connectivity index (χ4n) is 1.36. The molecular weight excluding hydrogens is 182 g/mol. The molecule has 0 N–H and O–H groups in total. The predicted octanol–water partition coefficient (Wildman–Crippen LogP) is 1.43. The fraction of sp³-hybridized carbons (Fsp3) is 0. The van der Waals surface area contributed by atoms with Gasteiger partial charge in [-0.15, -0.1) is 0 Å². The first-order valence-electron chi connectivity index (χ1n) is 4.78. The number of hydrogen-bond donors (Lipinski definition) is 0.